The average molecular weight is 514 g/mol. The van der Waals surface area contributed by atoms with Crippen LogP contribution in [0, 0.1) is 0 Å². The monoisotopic (exact) mass is 512 g/mol. The van der Waals surface area contributed by atoms with E-state index in [0.29, 0.717) is 5.02 Å². The van der Waals surface area contributed by atoms with E-state index in [9.17, 15) is 13.2 Å². The van der Waals surface area contributed by atoms with E-state index in [1.165, 1.54) is 4.31 Å². The Morgan fingerprint density at radius 2 is 1.70 bits per heavy atom. The molecule has 1 aliphatic rings. The fraction of sp³-hybridized carbons (Fsp3) is 0.409. The Morgan fingerprint density at radius 1 is 1.10 bits per heavy atom. The third-order valence-electron chi connectivity index (χ3n) is 5.45. The second kappa shape index (κ2) is 10.3. The molecule has 1 unspecified atom stereocenters. The third kappa shape index (κ3) is 5.84. The molecule has 0 bridgehead atoms. The van der Waals surface area contributed by atoms with Crippen LogP contribution in [0.2, 0.25) is 5.02 Å². The fourth-order valence-electron chi connectivity index (χ4n) is 3.78. The Kier molecular flexibility index (Phi) is 7.96. The zero-order chi connectivity index (χ0) is 21.7. The molecule has 0 heterocycles. The number of rotatable bonds is 7. The van der Waals surface area contributed by atoms with Crippen LogP contribution in [0.25, 0.3) is 0 Å². The van der Waals surface area contributed by atoms with Gasteiger partial charge in [0.15, 0.2) is 0 Å². The molecule has 5 nitrogen and oxygen atoms in total. The number of carbonyl (C=O) groups is 1. The molecule has 1 N–H and O–H groups in total. The Bertz CT molecular complexity index is 959. The average Bonchev–Trinajstić information content (AvgIpc) is 2.73. The lowest BCUT2D eigenvalue weighted by molar-refractivity contribution is -0.122. The maximum absolute atomic E-state index is 13.4. The zero-order valence-corrected chi connectivity index (χ0v) is 20.0. The Balaban J connectivity index is 1.79. The molecule has 162 valence electrons. The molecule has 0 saturated heterocycles. The van der Waals surface area contributed by atoms with E-state index in [4.69, 9.17) is 11.6 Å². The molecule has 1 saturated carbocycles. The van der Waals surface area contributed by atoms with Gasteiger partial charge >= 0.3 is 0 Å². The van der Waals surface area contributed by atoms with Crippen molar-refractivity contribution in [2.45, 2.75) is 56.0 Å². The number of carbonyl (C=O) groups excluding carboxylic acids is 1. The number of halogens is 2. The molecule has 0 radical (unpaired) electrons. The van der Waals surface area contributed by atoms with E-state index in [2.05, 4.69) is 21.2 Å². The molecule has 8 heteroatoms. The molecule has 2 aromatic carbocycles. The Labute approximate surface area is 192 Å². The van der Waals surface area contributed by atoms with Gasteiger partial charge in [0.25, 0.3) is 0 Å². The highest BCUT2D eigenvalue weighted by atomic mass is 79.9. The van der Waals surface area contributed by atoms with Crippen molar-refractivity contribution in [1.82, 2.24) is 9.62 Å². The smallest absolute Gasteiger partial charge is 0.243 e. The maximum Gasteiger partial charge on any atom is 0.243 e. The van der Waals surface area contributed by atoms with E-state index >= 15 is 0 Å². The summed E-state index contributed by atoms with van der Waals surface area (Å²) in [5, 5.41) is 3.55. The molecule has 1 fully saturated rings. The van der Waals surface area contributed by atoms with Crippen molar-refractivity contribution in [2.24, 2.45) is 0 Å². The first-order chi connectivity index (χ1) is 14.3. The van der Waals surface area contributed by atoms with Crippen LogP contribution >= 0.6 is 27.5 Å². The van der Waals surface area contributed by atoms with E-state index in [0.717, 1.165) is 42.1 Å². The topological polar surface area (TPSA) is 66.5 Å². The van der Waals surface area contributed by atoms with Crippen LogP contribution in [0.3, 0.4) is 0 Å². The van der Waals surface area contributed by atoms with Gasteiger partial charge in [-0.05, 0) is 61.7 Å². The van der Waals surface area contributed by atoms with Gasteiger partial charge in [-0.1, -0.05) is 58.9 Å². The molecule has 0 spiro atoms. The van der Waals surface area contributed by atoms with E-state index in [1.54, 1.807) is 36.4 Å². The molecule has 30 heavy (non-hydrogen) atoms. The number of nitrogens with zero attached hydrogens (tertiary/aromatic N) is 1. The Hall–Kier alpha value is -1.41. The predicted molar refractivity (Wildman–Crippen MR) is 123 cm³/mol. The summed E-state index contributed by atoms with van der Waals surface area (Å²) in [5.74, 6) is -0.316. The number of sulfonamides is 1. The van der Waals surface area contributed by atoms with Crippen molar-refractivity contribution in [1.29, 1.82) is 0 Å². The normalized spacial score (nSPS) is 16.4. The molecular formula is C22H26BrClN2O3S. The molecular weight excluding hydrogens is 488 g/mol. The lowest BCUT2D eigenvalue weighted by Gasteiger charge is -2.33. The standard InChI is InChI=1S/C22H26BrClN2O3S/c1-16(17-7-11-19(24)12-8-17)25-22(27)15-26(20-5-3-2-4-6-20)30(28,29)21-13-9-18(23)10-14-21/h7-14,16,20H,2-6,15H2,1H3,(H,25,27). The van der Waals surface area contributed by atoms with Crippen molar-refractivity contribution in [3.05, 3.63) is 63.6 Å². The number of nitrogens with one attached hydrogen (secondary N) is 1. The molecule has 2 aromatic rings. The van der Waals surface area contributed by atoms with Crippen molar-refractivity contribution in [3.8, 4) is 0 Å². The molecule has 3 rings (SSSR count). The highest BCUT2D eigenvalue weighted by Crippen LogP contribution is 2.28. The minimum absolute atomic E-state index is 0.163. The van der Waals surface area contributed by atoms with Gasteiger partial charge in [0.05, 0.1) is 17.5 Å². The summed E-state index contributed by atoms with van der Waals surface area (Å²) in [7, 11) is -3.78. The minimum atomic E-state index is -3.78. The van der Waals surface area contributed by atoms with Crippen LogP contribution in [-0.2, 0) is 14.8 Å². The van der Waals surface area contributed by atoms with E-state index in [1.807, 2.05) is 19.1 Å². The van der Waals surface area contributed by atoms with Gasteiger partial charge in [-0.2, -0.15) is 4.31 Å². The van der Waals surface area contributed by atoms with Gasteiger partial charge < -0.3 is 5.32 Å². The summed E-state index contributed by atoms with van der Waals surface area (Å²) < 4.78 is 29.0. The number of amides is 1. The molecule has 1 amide bonds. The summed E-state index contributed by atoms with van der Waals surface area (Å²) >= 11 is 9.27. The summed E-state index contributed by atoms with van der Waals surface area (Å²) in [6.45, 7) is 1.68. The SMILES string of the molecule is CC(NC(=O)CN(C1CCCCC1)S(=O)(=O)c1ccc(Br)cc1)c1ccc(Cl)cc1. The van der Waals surface area contributed by atoms with Gasteiger partial charge in [0, 0.05) is 15.5 Å². The lowest BCUT2D eigenvalue weighted by Crippen LogP contribution is -2.47. The van der Waals surface area contributed by atoms with Gasteiger partial charge in [-0.25, -0.2) is 8.42 Å². The Morgan fingerprint density at radius 3 is 2.30 bits per heavy atom. The zero-order valence-electron chi connectivity index (χ0n) is 16.9. The highest BCUT2D eigenvalue weighted by Gasteiger charge is 2.34. The van der Waals surface area contributed by atoms with Crippen molar-refractivity contribution in [2.75, 3.05) is 6.54 Å². The first-order valence-corrected chi connectivity index (χ1v) is 12.7. The molecule has 1 aliphatic carbocycles. The first kappa shape index (κ1) is 23.3. The van der Waals surface area contributed by atoms with Crippen LogP contribution in [0.5, 0.6) is 0 Å². The van der Waals surface area contributed by atoms with E-state index in [-0.39, 0.29) is 29.4 Å². The van der Waals surface area contributed by atoms with Crippen molar-refractivity contribution in [3.63, 3.8) is 0 Å². The summed E-state index contributed by atoms with van der Waals surface area (Å²) in [6, 6.07) is 13.4. The number of benzene rings is 2. The van der Waals surface area contributed by atoms with Gasteiger partial charge in [-0.15, -0.1) is 0 Å². The largest absolute Gasteiger partial charge is 0.348 e. The minimum Gasteiger partial charge on any atom is -0.348 e. The second-order valence-corrected chi connectivity index (χ2v) is 10.9. The van der Waals surface area contributed by atoms with Crippen LogP contribution < -0.4 is 5.32 Å². The summed E-state index contributed by atoms with van der Waals surface area (Å²) in [5.41, 5.74) is 0.910. The highest BCUT2D eigenvalue weighted by molar-refractivity contribution is 9.10. The van der Waals surface area contributed by atoms with Crippen LogP contribution in [-0.4, -0.2) is 31.2 Å². The van der Waals surface area contributed by atoms with Gasteiger partial charge in [-0.3, -0.25) is 4.79 Å². The molecule has 1 atom stereocenters. The molecule has 0 aliphatic heterocycles. The number of hydrogen-bond donors (Lipinski definition) is 1. The van der Waals surface area contributed by atoms with Crippen LogP contribution in [0.4, 0.5) is 0 Å². The van der Waals surface area contributed by atoms with Crippen molar-refractivity contribution >= 4 is 43.5 Å². The third-order valence-corrected chi connectivity index (χ3v) is 8.14. The van der Waals surface area contributed by atoms with Gasteiger partial charge in [0.2, 0.25) is 15.9 Å². The summed E-state index contributed by atoms with van der Waals surface area (Å²) in [4.78, 5) is 13.0. The first-order valence-electron chi connectivity index (χ1n) is 10.1. The van der Waals surface area contributed by atoms with Crippen LogP contribution in [0.15, 0.2) is 57.9 Å². The van der Waals surface area contributed by atoms with Gasteiger partial charge in [0.1, 0.15) is 0 Å². The predicted octanol–water partition coefficient (Wildman–Crippen LogP) is 5.30. The summed E-state index contributed by atoms with van der Waals surface area (Å²) in [6.07, 6.45) is 4.59. The number of hydrogen-bond acceptors (Lipinski definition) is 3. The second-order valence-electron chi connectivity index (χ2n) is 7.64. The quantitative estimate of drug-likeness (QED) is 0.546. The fourth-order valence-corrected chi connectivity index (χ4v) is 5.82. The van der Waals surface area contributed by atoms with E-state index < -0.39 is 10.0 Å². The lowest BCUT2D eigenvalue weighted by atomic mass is 9.95. The maximum atomic E-state index is 13.4. The molecule has 0 aromatic heterocycles. The van der Waals surface area contributed by atoms with Crippen LogP contribution in [0.1, 0.15) is 50.6 Å². The van der Waals surface area contributed by atoms with Crippen molar-refractivity contribution < 1.29 is 13.2 Å².